The Morgan fingerprint density at radius 3 is 2.63 bits per heavy atom. The van der Waals surface area contributed by atoms with Crippen molar-refractivity contribution in [3.8, 4) is 0 Å². The first-order valence-electron chi connectivity index (χ1n) is 11.8. The van der Waals surface area contributed by atoms with Gasteiger partial charge in [-0.25, -0.2) is 22.7 Å². The number of carbonyl (C=O) groups is 1. The molecule has 2 aromatic carbocycles. The first-order valence-corrected chi connectivity index (χ1v) is 12.6. The molecule has 0 saturated heterocycles. The highest BCUT2D eigenvalue weighted by molar-refractivity contribution is 9.10. The minimum atomic E-state index is -2.91. The molecular weight excluding hydrogens is 518 g/mol. The SMILES string of the molecule is Cc1n(CCOC(=O)[C@](O)(c2ccccc2)[C@@H]2CCCC(F)(F)C2)cc[n+]1Cc1ccc(Br)cc1. The van der Waals surface area contributed by atoms with Crippen LogP contribution in [0.3, 0.4) is 0 Å². The van der Waals surface area contributed by atoms with Crippen molar-refractivity contribution in [2.45, 2.75) is 57.2 Å². The number of aliphatic hydroxyl groups is 1. The van der Waals surface area contributed by atoms with Gasteiger partial charge in [-0.05, 0) is 36.1 Å². The zero-order valence-electron chi connectivity index (χ0n) is 19.7. The van der Waals surface area contributed by atoms with Crippen molar-refractivity contribution in [2.75, 3.05) is 6.61 Å². The fourth-order valence-corrected chi connectivity index (χ4v) is 5.08. The molecule has 4 rings (SSSR count). The number of hydrogen-bond acceptors (Lipinski definition) is 3. The van der Waals surface area contributed by atoms with Gasteiger partial charge in [0.1, 0.15) is 32.1 Å². The molecule has 186 valence electrons. The Bertz CT molecular complexity index is 1150. The van der Waals surface area contributed by atoms with Crippen LogP contribution < -0.4 is 4.57 Å². The Balaban J connectivity index is 1.44. The van der Waals surface area contributed by atoms with E-state index in [0.29, 0.717) is 19.5 Å². The number of esters is 1. The number of alkyl halides is 2. The van der Waals surface area contributed by atoms with Gasteiger partial charge < -0.3 is 9.84 Å². The van der Waals surface area contributed by atoms with Crippen molar-refractivity contribution in [1.29, 1.82) is 0 Å². The van der Waals surface area contributed by atoms with E-state index in [9.17, 15) is 18.7 Å². The summed E-state index contributed by atoms with van der Waals surface area (Å²) in [6.45, 7) is 3.09. The first-order chi connectivity index (χ1) is 16.7. The number of aromatic nitrogens is 2. The van der Waals surface area contributed by atoms with E-state index in [2.05, 4.69) is 32.6 Å². The highest BCUT2D eigenvalue weighted by atomic mass is 79.9. The quantitative estimate of drug-likeness (QED) is 0.313. The number of rotatable bonds is 8. The maximum Gasteiger partial charge on any atom is 0.343 e. The van der Waals surface area contributed by atoms with E-state index in [1.165, 1.54) is 0 Å². The predicted molar refractivity (Wildman–Crippen MR) is 131 cm³/mol. The summed E-state index contributed by atoms with van der Waals surface area (Å²) in [5.41, 5.74) is -0.668. The predicted octanol–water partition coefficient (Wildman–Crippen LogP) is 5.15. The Morgan fingerprint density at radius 1 is 1.23 bits per heavy atom. The Labute approximate surface area is 212 Å². The summed E-state index contributed by atoms with van der Waals surface area (Å²) < 4.78 is 39.0. The number of ether oxygens (including phenoxy) is 1. The lowest BCUT2D eigenvalue weighted by Gasteiger charge is -2.39. The summed E-state index contributed by atoms with van der Waals surface area (Å²) in [6, 6.07) is 16.4. The summed E-state index contributed by atoms with van der Waals surface area (Å²) in [7, 11) is 0. The lowest BCUT2D eigenvalue weighted by Crippen LogP contribution is -2.48. The Hall–Kier alpha value is -2.58. The van der Waals surface area contributed by atoms with E-state index in [1.807, 2.05) is 36.0 Å². The van der Waals surface area contributed by atoms with Crippen LogP contribution >= 0.6 is 15.9 Å². The van der Waals surface area contributed by atoms with Crippen molar-refractivity contribution in [1.82, 2.24) is 4.57 Å². The molecule has 0 unspecified atom stereocenters. The fraction of sp³-hybridized carbons (Fsp3) is 0.407. The molecule has 1 aliphatic rings. The average molecular weight is 548 g/mol. The minimum Gasteiger partial charge on any atom is -0.459 e. The van der Waals surface area contributed by atoms with E-state index in [-0.39, 0.29) is 25.0 Å². The maximum absolute atomic E-state index is 14.2. The van der Waals surface area contributed by atoms with Crippen LogP contribution in [0.15, 0.2) is 71.5 Å². The second-order valence-corrected chi connectivity index (χ2v) is 10.1. The summed E-state index contributed by atoms with van der Waals surface area (Å²) in [6.07, 6.45) is 3.69. The monoisotopic (exact) mass is 547 g/mol. The molecule has 8 heteroatoms. The second kappa shape index (κ2) is 10.6. The molecule has 3 aromatic rings. The van der Waals surface area contributed by atoms with Crippen LogP contribution in [0, 0.1) is 12.8 Å². The molecule has 1 heterocycles. The molecule has 0 bridgehead atoms. The van der Waals surface area contributed by atoms with Gasteiger partial charge in [0.25, 0.3) is 5.82 Å². The van der Waals surface area contributed by atoms with Crippen LogP contribution in [-0.2, 0) is 28.2 Å². The van der Waals surface area contributed by atoms with Crippen LogP contribution in [-0.4, -0.2) is 28.2 Å². The van der Waals surface area contributed by atoms with Crippen molar-refractivity contribution in [2.24, 2.45) is 5.92 Å². The molecule has 1 fully saturated rings. The second-order valence-electron chi connectivity index (χ2n) is 9.21. The third kappa shape index (κ3) is 5.81. The third-order valence-electron chi connectivity index (χ3n) is 6.85. The fourth-order valence-electron chi connectivity index (χ4n) is 4.82. The number of nitrogens with zero attached hydrogens (tertiary/aromatic N) is 2. The molecule has 1 aliphatic carbocycles. The van der Waals surface area contributed by atoms with Crippen molar-refractivity contribution in [3.63, 3.8) is 0 Å². The summed E-state index contributed by atoms with van der Waals surface area (Å²) >= 11 is 3.44. The number of halogens is 3. The zero-order valence-corrected chi connectivity index (χ0v) is 21.3. The van der Waals surface area contributed by atoms with Gasteiger partial charge in [-0.15, -0.1) is 0 Å². The highest BCUT2D eigenvalue weighted by Crippen LogP contribution is 2.45. The lowest BCUT2D eigenvalue weighted by molar-refractivity contribution is -0.694. The molecule has 0 amide bonds. The topological polar surface area (TPSA) is 55.3 Å². The maximum atomic E-state index is 14.2. The number of imidazole rings is 1. The van der Waals surface area contributed by atoms with Gasteiger partial charge in [0.15, 0.2) is 5.60 Å². The van der Waals surface area contributed by atoms with E-state index in [0.717, 1.165) is 15.9 Å². The normalized spacial score (nSPS) is 19.2. The summed E-state index contributed by atoms with van der Waals surface area (Å²) in [5, 5.41) is 11.5. The molecule has 0 aliphatic heterocycles. The van der Waals surface area contributed by atoms with Crippen LogP contribution in [0.4, 0.5) is 8.78 Å². The van der Waals surface area contributed by atoms with Crippen molar-refractivity contribution >= 4 is 21.9 Å². The molecule has 2 atom stereocenters. The van der Waals surface area contributed by atoms with Crippen LogP contribution in [0.5, 0.6) is 0 Å². The molecule has 1 saturated carbocycles. The molecule has 1 N–H and O–H groups in total. The van der Waals surface area contributed by atoms with Gasteiger partial charge in [0, 0.05) is 30.2 Å². The smallest absolute Gasteiger partial charge is 0.343 e. The van der Waals surface area contributed by atoms with Gasteiger partial charge >= 0.3 is 5.97 Å². The molecule has 5 nitrogen and oxygen atoms in total. The number of hydrogen-bond donors (Lipinski definition) is 1. The van der Waals surface area contributed by atoms with Gasteiger partial charge in [-0.3, -0.25) is 0 Å². The van der Waals surface area contributed by atoms with Gasteiger partial charge in [0.05, 0.1) is 0 Å². The number of benzene rings is 2. The highest BCUT2D eigenvalue weighted by Gasteiger charge is 2.52. The van der Waals surface area contributed by atoms with Crippen LogP contribution in [0.2, 0.25) is 0 Å². The Morgan fingerprint density at radius 2 is 1.94 bits per heavy atom. The summed E-state index contributed by atoms with van der Waals surface area (Å²) in [5.74, 6) is -3.72. The molecule has 0 spiro atoms. The van der Waals surface area contributed by atoms with E-state index >= 15 is 0 Å². The van der Waals surface area contributed by atoms with Gasteiger partial charge in [0.2, 0.25) is 5.92 Å². The third-order valence-corrected chi connectivity index (χ3v) is 7.37. The Kier molecular flexibility index (Phi) is 7.71. The van der Waals surface area contributed by atoms with Gasteiger partial charge in [-0.1, -0.05) is 58.4 Å². The van der Waals surface area contributed by atoms with Crippen molar-refractivity contribution in [3.05, 3.63) is 88.4 Å². The molecule has 35 heavy (non-hydrogen) atoms. The van der Waals surface area contributed by atoms with Crippen molar-refractivity contribution < 1.29 is 28.0 Å². The van der Waals surface area contributed by atoms with E-state index < -0.39 is 29.8 Å². The van der Waals surface area contributed by atoms with Crippen LogP contribution in [0.1, 0.15) is 42.6 Å². The van der Waals surface area contributed by atoms with E-state index in [4.69, 9.17) is 4.74 Å². The summed E-state index contributed by atoms with van der Waals surface area (Å²) in [4.78, 5) is 13.2. The standard InChI is InChI=1S/C27H30BrF2N2O3/c1-20-31(14-15-32(20)19-21-9-11-24(28)12-10-21)16-17-35-25(33)27(34,22-6-3-2-4-7-22)23-8-5-13-26(29,30)18-23/h2-4,6-7,9-12,14-15,23,34H,5,8,13,16-19H2,1H3/q+1/t23-,27+/m1/s1. The minimum absolute atomic E-state index is 0.0187. The van der Waals surface area contributed by atoms with E-state index in [1.54, 1.807) is 30.3 Å². The average Bonchev–Trinajstić information content (AvgIpc) is 3.18. The largest absolute Gasteiger partial charge is 0.459 e. The molecule has 0 radical (unpaired) electrons. The zero-order chi connectivity index (χ0) is 25.1. The molecule has 1 aromatic heterocycles. The molecular formula is C27H30BrF2N2O3+. The van der Waals surface area contributed by atoms with Gasteiger partial charge in [-0.2, -0.15) is 0 Å². The van der Waals surface area contributed by atoms with Crippen LogP contribution in [0.25, 0.3) is 0 Å². The lowest BCUT2D eigenvalue weighted by atomic mass is 9.72. The number of carbonyl (C=O) groups excluding carboxylic acids is 1. The first kappa shape index (κ1) is 25.5.